The Balaban J connectivity index is 2.18. The van der Waals surface area contributed by atoms with Gasteiger partial charge in [0.25, 0.3) is 0 Å². The molecule has 1 N–H and O–H groups in total. The molecule has 0 radical (unpaired) electrons. The van der Waals surface area contributed by atoms with Crippen LogP contribution in [0.4, 0.5) is 0 Å². The minimum atomic E-state index is -0.908. The summed E-state index contributed by atoms with van der Waals surface area (Å²) in [6.07, 6.45) is 3.70. The van der Waals surface area contributed by atoms with E-state index in [2.05, 4.69) is 4.98 Å². The summed E-state index contributed by atoms with van der Waals surface area (Å²) in [6, 6.07) is 11.0. The predicted octanol–water partition coefficient (Wildman–Crippen LogP) is 3.03. The van der Waals surface area contributed by atoms with Gasteiger partial charge < -0.3 is 9.67 Å². The zero-order valence-electron chi connectivity index (χ0n) is 10.4. The molecule has 0 aliphatic heterocycles. The number of aryl methyl sites for hydroxylation is 1. The van der Waals surface area contributed by atoms with Crippen LogP contribution in [0, 0.1) is 6.92 Å². The van der Waals surface area contributed by atoms with Crippen LogP contribution in [0.15, 0.2) is 48.8 Å². The Bertz CT molecular complexity index is 775. The molecule has 2 aromatic heterocycles. The molecule has 4 nitrogen and oxygen atoms in total. The molecular weight excluding hydrogens is 240 g/mol. The van der Waals surface area contributed by atoms with E-state index in [0.29, 0.717) is 5.56 Å². The largest absolute Gasteiger partial charge is 0.478 e. The molecular formula is C15H12N2O2. The first-order chi connectivity index (χ1) is 9.15. The Morgan fingerprint density at radius 3 is 2.79 bits per heavy atom. The maximum absolute atomic E-state index is 11.0. The molecule has 0 spiro atoms. The molecule has 0 atom stereocenters. The Morgan fingerprint density at radius 1 is 1.21 bits per heavy atom. The van der Waals surface area contributed by atoms with Crippen molar-refractivity contribution in [3.05, 3.63) is 60.0 Å². The highest BCUT2D eigenvalue weighted by molar-refractivity contribution is 5.94. The summed E-state index contributed by atoms with van der Waals surface area (Å²) in [7, 11) is 0. The van der Waals surface area contributed by atoms with E-state index >= 15 is 0 Å². The molecule has 2 heterocycles. The van der Waals surface area contributed by atoms with Gasteiger partial charge in [0.1, 0.15) is 0 Å². The van der Waals surface area contributed by atoms with Crippen LogP contribution in [0.1, 0.15) is 16.1 Å². The minimum absolute atomic E-state index is 0.302. The molecule has 4 heteroatoms. The Labute approximate surface area is 109 Å². The second-order valence-electron chi connectivity index (χ2n) is 4.42. The number of nitrogens with zero attached hydrogens (tertiary/aromatic N) is 2. The Morgan fingerprint density at radius 2 is 2.05 bits per heavy atom. The van der Waals surface area contributed by atoms with Crippen molar-refractivity contribution in [2.75, 3.05) is 0 Å². The fraction of sp³-hybridized carbons (Fsp3) is 0.0667. The van der Waals surface area contributed by atoms with Crippen molar-refractivity contribution in [1.29, 1.82) is 0 Å². The van der Waals surface area contributed by atoms with Gasteiger partial charge in [0.2, 0.25) is 0 Å². The van der Waals surface area contributed by atoms with Gasteiger partial charge in [-0.15, -0.1) is 0 Å². The Kier molecular flexibility index (Phi) is 2.56. The number of carbonyl (C=O) groups is 1. The van der Waals surface area contributed by atoms with Gasteiger partial charge in [-0.3, -0.25) is 4.98 Å². The van der Waals surface area contributed by atoms with Gasteiger partial charge in [0.15, 0.2) is 0 Å². The van der Waals surface area contributed by atoms with E-state index in [4.69, 9.17) is 5.11 Å². The highest BCUT2D eigenvalue weighted by Crippen LogP contribution is 2.21. The number of hydrogen-bond acceptors (Lipinski definition) is 2. The standard InChI is InChI=1S/C15H12N2O2/c1-10-8-13(4-6-16-10)17-7-5-11-9-12(15(18)19)2-3-14(11)17/h2-9H,1H3,(H,18,19). The molecule has 94 valence electrons. The van der Waals surface area contributed by atoms with Crippen LogP contribution in [0.25, 0.3) is 16.6 Å². The van der Waals surface area contributed by atoms with Crippen molar-refractivity contribution >= 4 is 16.9 Å². The second-order valence-corrected chi connectivity index (χ2v) is 4.42. The number of aromatic nitrogens is 2. The van der Waals surface area contributed by atoms with Crippen molar-refractivity contribution in [1.82, 2.24) is 9.55 Å². The first kappa shape index (κ1) is 11.5. The zero-order chi connectivity index (χ0) is 13.4. The molecule has 0 unspecified atom stereocenters. The second kappa shape index (κ2) is 4.24. The van der Waals surface area contributed by atoms with Gasteiger partial charge in [-0.2, -0.15) is 0 Å². The lowest BCUT2D eigenvalue weighted by molar-refractivity contribution is 0.0697. The molecule has 0 aliphatic carbocycles. The third-order valence-corrected chi connectivity index (χ3v) is 3.10. The van der Waals surface area contributed by atoms with E-state index in [-0.39, 0.29) is 0 Å². The van der Waals surface area contributed by atoms with Crippen LogP contribution in [-0.2, 0) is 0 Å². The van der Waals surface area contributed by atoms with Crippen molar-refractivity contribution in [3.63, 3.8) is 0 Å². The van der Waals surface area contributed by atoms with Crippen molar-refractivity contribution in [2.45, 2.75) is 6.92 Å². The number of rotatable bonds is 2. The topological polar surface area (TPSA) is 55.1 Å². The fourth-order valence-corrected chi connectivity index (χ4v) is 2.18. The zero-order valence-corrected chi connectivity index (χ0v) is 10.4. The lowest BCUT2D eigenvalue weighted by atomic mass is 10.1. The summed E-state index contributed by atoms with van der Waals surface area (Å²) >= 11 is 0. The van der Waals surface area contributed by atoms with Gasteiger partial charge in [0.05, 0.1) is 11.1 Å². The number of carboxylic acid groups (broad SMARTS) is 1. The van der Waals surface area contributed by atoms with Crippen LogP contribution >= 0.6 is 0 Å². The van der Waals surface area contributed by atoms with E-state index in [1.807, 2.05) is 42.0 Å². The van der Waals surface area contributed by atoms with Gasteiger partial charge in [-0.1, -0.05) is 0 Å². The summed E-state index contributed by atoms with van der Waals surface area (Å²) < 4.78 is 2.02. The third kappa shape index (κ3) is 1.97. The van der Waals surface area contributed by atoms with Crippen molar-refractivity contribution < 1.29 is 9.90 Å². The highest BCUT2D eigenvalue weighted by atomic mass is 16.4. The summed E-state index contributed by atoms with van der Waals surface area (Å²) in [5.41, 5.74) is 3.25. The number of hydrogen-bond donors (Lipinski definition) is 1. The van der Waals surface area contributed by atoms with Crippen LogP contribution in [0.2, 0.25) is 0 Å². The smallest absolute Gasteiger partial charge is 0.335 e. The monoisotopic (exact) mass is 252 g/mol. The van der Waals surface area contributed by atoms with E-state index < -0.39 is 5.97 Å². The van der Waals surface area contributed by atoms with Crippen molar-refractivity contribution in [3.8, 4) is 5.69 Å². The minimum Gasteiger partial charge on any atom is -0.478 e. The molecule has 19 heavy (non-hydrogen) atoms. The molecule has 0 aliphatic rings. The molecule has 0 fully saturated rings. The number of fused-ring (bicyclic) bond motifs is 1. The first-order valence-electron chi connectivity index (χ1n) is 5.92. The fourth-order valence-electron chi connectivity index (χ4n) is 2.18. The highest BCUT2D eigenvalue weighted by Gasteiger charge is 2.07. The summed E-state index contributed by atoms with van der Waals surface area (Å²) in [5, 5.41) is 9.90. The maximum Gasteiger partial charge on any atom is 0.335 e. The first-order valence-corrected chi connectivity index (χ1v) is 5.92. The van der Waals surface area contributed by atoms with Gasteiger partial charge in [-0.05, 0) is 43.3 Å². The number of carboxylic acids is 1. The normalized spacial score (nSPS) is 10.8. The molecule has 0 bridgehead atoms. The molecule has 0 amide bonds. The molecule has 1 aromatic carbocycles. The van der Waals surface area contributed by atoms with Crippen LogP contribution in [0.3, 0.4) is 0 Å². The Hall–Kier alpha value is -2.62. The number of benzene rings is 1. The van der Waals surface area contributed by atoms with Gasteiger partial charge in [-0.25, -0.2) is 4.79 Å². The quantitative estimate of drug-likeness (QED) is 0.762. The summed E-state index contributed by atoms with van der Waals surface area (Å²) in [6.45, 7) is 1.94. The third-order valence-electron chi connectivity index (χ3n) is 3.10. The van der Waals surface area contributed by atoms with E-state index in [1.165, 1.54) is 0 Å². The summed E-state index contributed by atoms with van der Waals surface area (Å²) in [4.78, 5) is 15.1. The van der Waals surface area contributed by atoms with Gasteiger partial charge in [0, 0.05) is 29.2 Å². The van der Waals surface area contributed by atoms with Gasteiger partial charge >= 0.3 is 5.97 Å². The molecule has 3 aromatic rings. The SMILES string of the molecule is Cc1cc(-n2ccc3cc(C(=O)O)ccc32)ccn1. The van der Waals surface area contributed by atoms with E-state index in [0.717, 1.165) is 22.3 Å². The molecule has 0 saturated heterocycles. The lowest BCUT2D eigenvalue weighted by Gasteiger charge is -2.06. The summed E-state index contributed by atoms with van der Waals surface area (Å²) in [5.74, 6) is -0.908. The predicted molar refractivity (Wildman–Crippen MR) is 72.8 cm³/mol. The van der Waals surface area contributed by atoms with E-state index in [9.17, 15) is 4.79 Å². The van der Waals surface area contributed by atoms with E-state index in [1.54, 1.807) is 18.3 Å². The molecule has 3 rings (SSSR count). The average molecular weight is 252 g/mol. The lowest BCUT2D eigenvalue weighted by Crippen LogP contribution is -1.96. The number of aromatic carboxylic acids is 1. The maximum atomic E-state index is 11.0. The number of pyridine rings is 1. The molecule has 0 saturated carbocycles. The average Bonchev–Trinajstić information content (AvgIpc) is 2.81. The van der Waals surface area contributed by atoms with Crippen molar-refractivity contribution in [2.24, 2.45) is 0 Å². The van der Waals surface area contributed by atoms with Crippen LogP contribution in [-0.4, -0.2) is 20.6 Å². The van der Waals surface area contributed by atoms with Crippen LogP contribution < -0.4 is 0 Å². The van der Waals surface area contributed by atoms with Crippen LogP contribution in [0.5, 0.6) is 0 Å².